The van der Waals surface area contributed by atoms with Gasteiger partial charge >= 0.3 is 12.1 Å². The number of carbonyl (C=O) groups excluding carboxylic acids is 1. The van der Waals surface area contributed by atoms with Crippen molar-refractivity contribution in [3.63, 3.8) is 0 Å². The van der Waals surface area contributed by atoms with Crippen LogP contribution < -0.4 is 9.47 Å². The molecule has 1 saturated carbocycles. The second-order valence-corrected chi connectivity index (χ2v) is 27.1. The van der Waals surface area contributed by atoms with Crippen LogP contribution >= 0.6 is 0 Å². The van der Waals surface area contributed by atoms with Crippen molar-refractivity contribution >= 4 is 35.8 Å². The number of amides is 1. The Morgan fingerprint density at radius 1 is 0.938 bits per heavy atom. The molecule has 12 heteroatoms. The van der Waals surface area contributed by atoms with E-state index in [-0.39, 0.29) is 47.8 Å². The molecule has 2 bridgehead atoms. The number of carbonyl (C=O) groups is 1. The summed E-state index contributed by atoms with van der Waals surface area (Å²) in [5, 5.41) is 2.37. The van der Waals surface area contributed by atoms with E-state index < -0.39 is 25.7 Å². The van der Waals surface area contributed by atoms with Crippen molar-refractivity contribution in [3.05, 3.63) is 59.5 Å². The molecule has 4 aromatic rings. The number of piperidine rings is 2. The number of benzene rings is 3. The summed E-state index contributed by atoms with van der Waals surface area (Å²) < 4.78 is 56.2. The Morgan fingerprint density at radius 3 is 2.28 bits per heavy atom. The minimum Gasteiger partial charge on any atom is -0.468 e. The maximum atomic E-state index is 18.0. The molecule has 3 aromatic carbocycles. The third kappa shape index (κ3) is 9.76. The molecule has 0 N–H and O–H groups in total. The quantitative estimate of drug-likeness (QED) is 0.0745. The topological polar surface area (TPSA) is 86.2 Å². The van der Waals surface area contributed by atoms with E-state index in [1.54, 1.807) is 7.11 Å². The third-order valence-electron chi connectivity index (χ3n) is 14.9. The number of methoxy groups -OCH3 is 1. The van der Waals surface area contributed by atoms with E-state index in [4.69, 9.17) is 28.9 Å². The largest absolute Gasteiger partial charge is 0.468 e. The Balaban J connectivity index is 1.24. The number of nitrogens with zero attached hydrogens (tertiary/aromatic N) is 4. The van der Waals surface area contributed by atoms with E-state index >= 15 is 4.39 Å². The first-order valence-corrected chi connectivity index (χ1v) is 26.4. The fraction of sp³-hybridized carbons (Fsp3) is 0.604. The summed E-state index contributed by atoms with van der Waals surface area (Å²) in [5.74, 6) is 3.70. The smallest absolute Gasteiger partial charge is 0.410 e. The number of likely N-dealkylation sites (tertiary alicyclic amines) is 1. The SMILES string of the molecule is COCOc1cc(-c2ccc3c(C4CC5CCC(C4)N5C(=O)OC(C)(C)C)nc(OCC4(CN5CCC[C@H](F)C5)CC4)nc3c2F)c2c(C#C[Si](C(C)C)(C(C)C)C(C)C)cccc2c1. The minimum absolute atomic E-state index is 0.0182. The van der Waals surface area contributed by atoms with Crippen LogP contribution in [-0.2, 0) is 9.47 Å². The fourth-order valence-electron chi connectivity index (χ4n) is 11.7. The highest BCUT2D eigenvalue weighted by Gasteiger charge is 2.48. The molecule has 1 aromatic heterocycles. The number of hydrogen-bond acceptors (Lipinski definition) is 8. The predicted octanol–water partition coefficient (Wildman–Crippen LogP) is 12.4. The normalized spacial score (nSPS) is 22.2. The van der Waals surface area contributed by atoms with E-state index in [1.807, 2.05) is 68.1 Å². The average molecular weight is 909 g/mol. The summed E-state index contributed by atoms with van der Waals surface area (Å²) in [4.78, 5) is 27.7. The first kappa shape index (κ1) is 47.2. The maximum Gasteiger partial charge on any atom is 0.410 e. The molecule has 4 heterocycles. The van der Waals surface area contributed by atoms with Crippen LogP contribution in [0.4, 0.5) is 13.6 Å². The molecule has 350 valence electrons. The second kappa shape index (κ2) is 18.8. The summed E-state index contributed by atoms with van der Waals surface area (Å²) in [6.45, 7) is 22.0. The zero-order chi connectivity index (χ0) is 46.4. The fourth-order valence-corrected chi connectivity index (χ4v) is 16.9. The van der Waals surface area contributed by atoms with Crippen molar-refractivity contribution in [2.75, 3.05) is 40.1 Å². The molecular weight excluding hydrogens is 839 g/mol. The van der Waals surface area contributed by atoms with Crippen molar-refractivity contribution in [3.8, 4) is 34.4 Å². The molecule has 3 saturated heterocycles. The molecule has 2 unspecified atom stereocenters. The predicted molar refractivity (Wildman–Crippen MR) is 257 cm³/mol. The van der Waals surface area contributed by atoms with E-state index in [2.05, 4.69) is 57.9 Å². The highest BCUT2D eigenvalue weighted by Crippen LogP contribution is 2.49. The van der Waals surface area contributed by atoms with Gasteiger partial charge in [0.05, 0.1) is 12.3 Å². The first-order valence-electron chi connectivity index (χ1n) is 24.1. The van der Waals surface area contributed by atoms with Gasteiger partial charge in [0.2, 0.25) is 0 Å². The number of halogens is 2. The molecule has 0 radical (unpaired) electrons. The van der Waals surface area contributed by atoms with Gasteiger partial charge in [-0.15, -0.1) is 5.54 Å². The zero-order valence-electron chi connectivity index (χ0n) is 40.4. The Kier molecular flexibility index (Phi) is 13.6. The Bertz CT molecular complexity index is 2420. The van der Waals surface area contributed by atoms with Crippen molar-refractivity contribution in [1.29, 1.82) is 0 Å². The molecule has 1 aliphatic carbocycles. The number of aromatic nitrogens is 2. The lowest BCUT2D eigenvalue weighted by molar-refractivity contribution is 0.00570. The summed E-state index contributed by atoms with van der Waals surface area (Å²) in [5.41, 5.74) is 7.33. The number of fused-ring (bicyclic) bond motifs is 4. The summed E-state index contributed by atoms with van der Waals surface area (Å²) in [6, 6.07) is 13.8. The van der Waals surface area contributed by atoms with Gasteiger partial charge in [0.15, 0.2) is 12.6 Å². The van der Waals surface area contributed by atoms with Crippen LogP contribution in [0, 0.1) is 22.7 Å². The monoisotopic (exact) mass is 909 g/mol. The van der Waals surface area contributed by atoms with Crippen LogP contribution in [0.3, 0.4) is 0 Å². The highest BCUT2D eigenvalue weighted by atomic mass is 28.3. The number of alkyl halides is 1. The number of rotatable bonds is 13. The van der Waals surface area contributed by atoms with Crippen molar-refractivity contribution in [2.24, 2.45) is 5.41 Å². The van der Waals surface area contributed by atoms with Gasteiger partial charge in [-0.3, -0.25) is 4.90 Å². The Labute approximate surface area is 386 Å². The molecule has 3 aliphatic heterocycles. The van der Waals surface area contributed by atoms with Crippen LogP contribution in [-0.4, -0.2) is 97.9 Å². The molecule has 3 atom stereocenters. The summed E-state index contributed by atoms with van der Waals surface area (Å²) in [7, 11) is -0.537. The molecular formula is C53H70F2N4O5Si. The number of ether oxygens (including phenoxy) is 4. The zero-order valence-corrected chi connectivity index (χ0v) is 41.4. The highest BCUT2D eigenvalue weighted by molar-refractivity contribution is 6.90. The molecule has 4 fully saturated rings. The van der Waals surface area contributed by atoms with Gasteiger partial charge in [-0.1, -0.05) is 71.7 Å². The lowest BCUT2D eigenvalue weighted by atomic mass is 9.86. The van der Waals surface area contributed by atoms with Crippen LogP contribution in [0.15, 0.2) is 42.5 Å². The Morgan fingerprint density at radius 2 is 1.65 bits per heavy atom. The van der Waals surface area contributed by atoms with Gasteiger partial charge < -0.3 is 23.8 Å². The van der Waals surface area contributed by atoms with Gasteiger partial charge in [0.25, 0.3) is 0 Å². The van der Waals surface area contributed by atoms with Crippen LogP contribution in [0.5, 0.6) is 11.8 Å². The van der Waals surface area contributed by atoms with Gasteiger partial charge in [0, 0.05) is 65.5 Å². The summed E-state index contributed by atoms with van der Waals surface area (Å²) >= 11 is 0. The lowest BCUT2D eigenvalue weighted by Gasteiger charge is -2.39. The van der Waals surface area contributed by atoms with Gasteiger partial charge in [-0.25, -0.2) is 13.6 Å². The number of hydrogen-bond donors (Lipinski definition) is 0. The van der Waals surface area contributed by atoms with Gasteiger partial charge in [-0.2, -0.15) is 9.97 Å². The standard InChI is InChI=1S/C53H70F2N4O5Si/c1-33(2)65(34(3)4,35(5)6)24-20-36-13-11-14-37-27-42(63-32-61-10)28-45(46(36)37)43-18-19-44-48(38-25-40-16-17-41(26-38)59(40)51(60)64-52(7,8)9)56-50(57-49(44)47(43)55)62-31-53(21-22-53)30-58-23-12-15-39(54)29-58/h11,13-14,18-19,27-28,33-35,38-41H,12,15-17,21-23,25-26,29-32H2,1-10H3/t38?,39-,40?,41?/m0/s1. The van der Waals surface area contributed by atoms with Crippen molar-refractivity contribution in [1.82, 2.24) is 19.8 Å². The van der Waals surface area contributed by atoms with Gasteiger partial charge in [-0.05, 0) is 124 Å². The van der Waals surface area contributed by atoms with Crippen LogP contribution in [0.25, 0.3) is 32.8 Å². The molecule has 4 aliphatic rings. The molecule has 0 spiro atoms. The minimum atomic E-state index is -2.11. The van der Waals surface area contributed by atoms with E-state index in [0.29, 0.717) is 71.3 Å². The van der Waals surface area contributed by atoms with Crippen molar-refractivity contribution in [2.45, 2.75) is 160 Å². The van der Waals surface area contributed by atoms with Crippen LogP contribution in [0.2, 0.25) is 16.6 Å². The first-order chi connectivity index (χ1) is 30.9. The lowest BCUT2D eigenvalue weighted by Crippen LogP contribution is -2.48. The average Bonchev–Trinajstić information content (AvgIpc) is 3.95. The van der Waals surface area contributed by atoms with E-state index in [0.717, 1.165) is 67.2 Å². The molecule has 65 heavy (non-hydrogen) atoms. The van der Waals surface area contributed by atoms with Crippen LogP contribution in [0.1, 0.15) is 131 Å². The Hall–Kier alpha value is -4.31. The summed E-state index contributed by atoms with van der Waals surface area (Å²) in [6.07, 6.45) is 5.43. The maximum absolute atomic E-state index is 18.0. The van der Waals surface area contributed by atoms with E-state index in [1.165, 1.54) is 0 Å². The van der Waals surface area contributed by atoms with Gasteiger partial charge in [0.1, 0.15) is 31.1 Å². The second-order valence-electron chi connectivity index (χ2n) is 21.5. The van der Waals surface area contributed by atoms with Crippen molar-refractivity contribution < 1.29 is 32.5 Å². The third-order valence-corrected chi connectivity index (χ3v) is 21.2. The van der Waals surface area contributed by atoms with E-state index in [9.17, 15) is 9.18 Å². The molecule has 8 rings (SSSR count). The molecule has 1 amide bonds. The molecule has 9 nitrogen and oxygen atoms in total.